The summed E-state index contributed by atoms with van der Waals surface area (Å²) in [6.45, 7) is 7.01. The summed E-state index contributed by atoms with van der Waals surface area (Å²) in [4.78, 5) is 0. The Morgan fingerprint density at radius 2 is 0.821 bits per heavy atom. The Morgan fingerprint density at radius 1 is 0.429 bits per heavy atom. The van der Waals surface area contributed by atoms with E-state index in [-0.39, 0.29) is 0 Å². The van der Waals surface area contributed by atoms with E-state index in [0.717, 1.165) is 6.42 Å². The van der Waals surface area contributed by atoms with Crippen molar-refractivity contribution in [2.24, 2.45) is 0 Å². The van der Waals surface area contributed by atoms with E-state index >= 15 is 0 Å². The third kappa shape index (κ3) is 25.4. The fourth-order valence-electron chi connectivity index (χ4n) is 3.57. The molecule has 28 heavy (non-hydrogen) atoms. The van der Waals surface area contributed by atoms with E-state index in [0.29, 0.717) is 0 Å². The van der Waals surface area contributed by atoms with Crippen molar-refractivity contribution in [1.29, 1.82) is 0 Å². The number of hydrogen-bond acceptors (Lipinski definition) is 1. The molecule has 0 rings (SSSR count). The second-order valence-corrected chi connectivity index (χ2v) is 8.46. The van der Waals surface area contributed by atoms with Crippen LogP contribution in [0.5, 0.6) is 0 Å². The fourth-order valence-corrected chi connectivity index (χ4v) is 3.57. The van der Waals surface area contributed by atoms with Gasteiger partial charge in [-0.25, -0.2) is 0 Å². The molecule has 0 spiro atoms. The van der Waals surface area contributed by atoms with Crippen molar-refractivity contribution in [3.05, 3.63) is 24.3 Å². The van der Waals surface area contributed by atoms with Crippen LogP contribution in [0.15, 0.2) is 24.3 Å². The smallest absolute Gasteiger partial charge is 0.00489 e. The zero-order chi connectivity index (χ0) is 20.4. The SMILES string of the molecule is CCCCC/C=C\CC=CCCCCCCCCNCCCCCCCCC. The summed E-state index contributed by atoms with van der Waals surface area (Å²) in [5.74, 6) is 0. The van der Waals surface area contributed by atoms with Crippen LogP contribution in [-0.2, 0) is 0 Å². The van der Waals surface area contributed by atoms with Gasteiger partial charge < -0.3 is 5.32 Å². The van der Waals surface area contributed by atoms with Crippen LogP contribution < -0.4 is 5.32 Å². The maximum absolute atomic E-state index is 3.62. The average molecular weight is 392 g/mol. The van der Waals surface area contributed by atoms with Gasteiger partial charge in [-0.3, -0.25) is 0 Å². The van der Waals surface area contributed by atoms with Crippen molar-refractivity contribution >= 4 is 0 Å². The van der Waals surface area contributed by atoms with Crippen molar-refractivity contribution in [3.63, 3.8) is 0 Å². The van der Waals surface area contributed by atoms with E-state index < -0.39 is 0 Å². The summed E-state index contributed by atoms with van der Waals surface area (Å²) in [5.41, 5.74) is 0. The van der Waals surface area contributed by atoms with Crippen LogP contribution in [0.2, 0.25) is 0 Å². The molecular weight excluding hydrogens is 338 g/mol. The summed E-state index contributed by atoms with van der Waals surface area (Å²) in [7, 11) is 0. The summed E-state index contributed by atoms with van der Waals surface area (Å²) in [5, 5.41) is 3.62. The van der Waals surface area contributed by atoms with Gasteiger partial charge in [0.1, 0.15) is 0 Å². The maximum atomic E-state index is 3.62. The minimum Gasteiger partial charge on any atom is -0.317 e. The number of nitrogens with one attached hydrogen (secondary N) is 1. The van der Waals surface area contributed by atoms with Crippen molar-refractivity contribution in [2.75, 3.05) is 13.1 Å². The third-order valence-corrected chi connectivity index (χ3v) is 5.51. The Labute approximate surface area is 178 Å². The summed E-state index contributed by atoms with van der Waals surface area (Å²) >= 11 is 0. The quantitative estimate of drug-likeness (QED) is 0.135. The van der Waals surface area contributed by atoms with Crippen molar-refractivity contribution in [2.45, 2.75) is 136 Å². The molecule has 166 valence electrons. The fraction of sp³-hybridized carbons (Fsp3) is 0.852. The Hall–Kier alpha value is -0.560. The number of unbranched alkanes of at least 4 members (excludes halogenated alkanes) is 15. The molecule has 0 saturated heterocycles. The number of hydrogen-bond donors (Lipinski definition) is 1. The molecule has 0 atom stereocenters. The first kappa shape index (κ1) is 27.4. The largest absolute Gasteiger partial charge is 0.317 e. The standard InChI is InChI=1S/C27H53N/c1-3-5-7-9-11-12-13-14-15-16-17-18-19-21-23-25-27-28-26-24-22-20-10-8-6-4-2/h11-12,14-15,28H,3-10,13,16-27H2,1-2H3/b12-11-,15-14?. The highest BCUT2D eigenvalue weighted by Gasteiger charge is 1.93. The maximum Gasteiger partial charge on any atom is -0.00489 e. The lowest BCUT2D eigenvalue weighted by Gasteiger charge is -2.05. The lowest BCUT2D eigenvalue weighted by Crippen LogP contribution is -2.16. The molecule has 0 aliphatic heterocycles. The van der Waals surface area contributed by atoms with E-state index in [1.54, 1.807) is 0 Å². The van der Waals surface area contributed by atoms with Crippen LogP contribution in [0.4, 0.5) is 0 Å². The summed E-state index contributed by atoms with van der Waals surface area (Å²) in [6, 6.07) is 0. The van der Waals surface area contributed by atoms with E-state index in [9.17, 15) is 0 Å². The zero-order valence-electron chi connectivity index (χ0n) is 19.7. The third-order valence-electron chi connectivity index (χ3n) is 5.51. The Morgan fingerprint density at radius 3 is 1.36 bits per heavy atom. The Balaban J connectivity index is 3.09. The van der Waals surface area contributed by atoms with Crippen LogP contribution in [-0.4, -0.2) is 13.1 Å². The molecule has 0 unspecified atom stereocenters. The average Bonchev–Trinajstić information content (AvgIpc) is 2.71. The highest BCUT2D eigenvalue weighted by Crippen LogP contribution is 2.08. The summed E-state index contributed by atoms with van der Waals surface area (Å²) < 4.78 is 0. The van der Waals surface area contributed by atoms with E-state index in [1.807, 2.05) is 0 Å². The first-order chi connectivity index (χ1) is 13.9. The van der Waals surface area contributed by atoms with Gasteiger partial charge in [-0.2, -0.15) is 0 Å². The van der Waals surface area contributed by atoms with Gasteiger partial charge in [0, 0.05) is 0 Å². The van der Waals surface area contributed by atoms with Gasteiger partial charge in [-0.1, -0.05) is 115 Å². The predicted octanol–water partition coefficient (Wildman–Crippen LogP) is 9.14. The first-order valence-electron chi connectivity index (χ1n) is 12.9. The molecule has 0 aromatic rings. The highest BCUT2D eigenvalue weighted by molar-refractivity contribution is 4.92. The van der Waals surface area contributed by atoms with Crippen molar-refractivity contribution < 1.29 is 0 Å². The molecule has 0 aromatic heterocycles. The van der Waals surface area contributed by atoms with Crippen LogP contribution in [0.1, 0.15) is 136 Å². The predicted molar refractivity (Wildman–Crippen MR) is 130 cm³/mol. The Kier molecular flexibility index (Phi) is 25.9. The van der Waals surface area contributed by atoms with Gasteiger partial charge in [0.05, 0.1) is 0 Å². The monoisotopic (exact) mass is 391 g/mol. The molecule has 0 aromatic carbocycles. The second-order valence-electron chi connectivity index (χ2n) is 8.46. The second kappa shape index (κ2) is 26.4. The highest BCUT2D eigenvalue weighted by atomic mass is 14.8. The molecule has 1 nitrogen and oxygen atoms in total. The van der Waals surface area contributed by atoms with Crippen LogP contribution in [0.25, 0.3) is 0 Å². The van der Waals surface area contributed by atoms with Crippen LogP contribution in [0, 0.1) is 0 Å². The van der Waals surface area contributed by atoms with E-state index in [2.05, 4.69) is 43.5 Å². The van der Waals surface area contributed by atoms with E-state index in [1.165, 1.54) is 129 Å². The zero-order valence-corrected chi connectivity index (χ0v) is 19.7. The molecule has 0 fully saturated rings. The topological polar surface area (TPSA) is 12.0 Å². The summed E-state index contributed by atoms with van der Waals surface area (Å²) in [6.07, 6.45) is 35.4. The lowest BCUT2D eigenvalue weighted by molar-refractivity contribution is 0.538. The van der Waals surface area contributed by atoms with Crippen LogP contribution >= 0.6 is 0 Å². The van der Waals surface area contributed by atoms with Gasteiger partial charge in [-0.15, -0.1) is 0 Å². The van der Waals surface area contributed by atoms with Crippen molar-refractivity contribution in [3.8, 4) is 0 Å². The molecule has 0 radical (unpaired) electrons. The van der Waals surface area contributed by atoms with Gasteiger partial charge in [0.25, 0.3) is 0 Å². The molecule has 0 aliphatic rings. The normalized spacial score (nSPS) is 11.9. The molecule has 0 bridgehead atoms. The van der Waals surface area contributed by atoms with E-state index in [4.69, 9.17) is 0 Å². The molecule has 0 saturated carbocycles. The first-order valence-corrected chi connectivity index (χ1v) is 12.9. The van der Waals surface area contributed by atoms with Gasteiger partial charge in [0.15, 0.2) is 0 Å². The molecule has 0 heterocycles. The van der Waals surface area contributed by atoms with Crippen molar-refractivity contribution in [1.82, 2.24) is 5.32 Å². The molecule has 1 N–H and O–H groups in total. The molecular formula is C27H53N. The number of allylic oxidation sites excluding steroid dienone is 4. The Bertz CT molecular complexity index is 318. The van der Waals surface area contributed by atoms with Gasteiger partial charge in [0.2, 0.25) is 0 Å². The molecule has 0 amide bonds. The molecule has 1 heteroatoms. The number of rotatable bonds is 23. The lowest BCUT2D eigenvalue weighted by atomic mass is 10.1. The van der Waals surface area contributed by atoms with Gasteiger partial charge >= 0.3 is 0 Å². The van der Waals surface area contributed by atoms with Gasteiger partial charge in [-0.05, 0) is 58.0 Å². The molecule has 0 aliphatic carbocycles. The minimum atomic E-state index is 1.12. The van der Waals surface area contributed by atoms with Crippen LogP contribution in [0.3, 0.4) is 0 Å². The minimum absolute atomic E-state index is 1.12.